The molecule has 10 heteroatoms. The molecule has 5 aromatic rings. The van der Waals surface area contributed by atoms with Gasteiger partial charge in [0.05, 0.1) is 47.6 Å². The zero-order valence-corrected chi connectivity index (χ0v) is 20.1. The van der Waals surface area contributed by atoms with Gasteiger partial charge in [0, 0.05) is 37.1 Å². The van der Waals surface area contributed by atoms with Crippen LogP contribution in [0.15, 0.2) is 67.5 Å². The van der Waals surface area contributed by atoms with Crippen LogP contribution in [0.2, 0.25) is 0 Å². The number of aromatic nitrogens is 6. The fourth-order valence-corrected chi connectivity index (χ4v) is 4.11. The molecule has 0 saturated carbocycles. The maximum absolute atomic E-state index is 13.3. The lowest BCUT2D eigenvalue weighted by Gasteiger charge is -2.26. The first-order valence-corrected chi connectivity index (χ1v) is 11.5. The summed E-state index contributed by atoms with van der Waals surface area (Å²) in [6.45, 7) is 4.86. The fraction of sp³-hybridized carbons (Fsp3) is 0.192. The van der Waals surface area contributed by atoms with Gasteiger partial charge in [-0.25, -0.2) is 23.6 Å². The maximum atomic E-state index is 13.3. The molecular weight excluding hydrogens is 457 g/mol. The second-order valence-corrected chi connectivity index (χ2v) is 8.38. The number of halogens is 1. The molecule has 0 amide bonds. The summed E-state index contributed by atoms with van der Waals surface area (Å²) in [5, 5.41) is 21.2. The van der Waals surface area contributed by atoms with Crippen molar-refractivity contribution in [2.24, 2.45) is 0 Å². The minimum Gasteiger partial charge on any atom is -0.384 e. The Morgan fingerprint density at radius 1 is 1.08 bits per heavy atom. The van der Waals surface area contributed by atoms with Crippen molar-refractivity contribution in [2.45, 2.75) is 19.9 Å². The number of hydrogen-bond donors (Lipinski definition) is 1. The second-order valence-electron chi connectivity index (χ2n) is 8.38. The first kappa shape index (κ1) is 23.0. The van der Waals surface area contributed by atoms with Gasteiger partial charge >= 0.3 is 0 Å². The van der Waals surface area contributed by atoms with Gasteiger partial charge in [-0.1, -0.05) is 6.07 Å². The molecule has 0 radical (unpaired) electrons. The van der Waals surface area contributed by atoms with E-state index in [9.17, 15) is 9.65 Å². The van der Waals surface area contributed by atoms with Crippen LogP contribution >= 0.6 is 0 Å². The van der Waals surface area contributed by atoms with E-state index >= 15 is 0 Å². The molecule has 1 atom stereocenters. The monoisotopic (exact) mass is 481 g/mol. The highest BCUT2D eigenvalue weighted by molar-refractivity contribution is 5.86. The average molecular weight is 482 g/mol. The molecule has 36 heavy (non-hydrogen) atoms. The van der Waals surface area contributed by atoms with Crippen molar-refractivity contribution in [3.05, 3.63) is 84.5 Å². The van der Waals surface area contributed by atoms with Crippen molar-refractivity contribution in [1.82, 2.24) is 29.4 Å². The summed E-state index contributed by atoms with van der Waals surface area (Å²) in [6.07, 6.45) is 9.46. The van der Waals surface area contributed by atoms with Crippen molar-refractivity contribution in [3.63, 3.8) is 0 Å². The largest absolute Gasteiger partial charge is 0.384 e. The number of pyridine rings is 3. The van der Waals surface area contributed by atoms with Crippen LogP contribution in [0.3, 0.4) is 0 Å². The summed E-state index contributed by atoms with van der Waals surface area (Å²) < 4.78 is 16.4. The Bertz CT molecular complexity index is 1550. The normalized spacial score (nSPS) is 11.9. The van der Waals surface area contributed by atoms with Crippen LogP contribution in [-0.4, -0.2) is 43.0 Å². The Balaban J connectivity index is 1.41. The molecule has 0 saturated heterocycles. The van der Waals surface area contributed by atoms with Crippen molar-refractivity contribution >= 4 is 17.0 Å². The van der Waals surface area contributed by atoms with Crippen molar-refractivity contribution in [3.8, 4) is 23.0 Å². The molecule has 1 N–H and O–H groups in total. The van der Waals surface area contributed by atoms with Crippen LogP contribution in [-0.2, 0) is 0 Å². The first-order valence-electron chi connectivity index (χ1n) is 11.5. The van der Waals surface area contributed by atoms with Crippen LogP contribution in [0.4, 0.5) is 15.9 Å². The van der Waals surface area contributed by atoms with Crippen molar-refractivity contribution < 1.29 is 4.39 Å². The SMILES string of the molecule is CCNc1cc(-c2ccc(N(C)[C@@H](C)c3ccc(-n4cc(F)cn4)nc3)nc2)c2c(C#N)cnn2c1. The fourth-order valence-electron chi connectivity index (χ4n) is 4.11. The van der Waals surface area contributed by atoms with E-state index < -0.39 is 5.82 Å². The number of rotatable bonds is 7. The van der Waals surface area contributed by atoms with Gasteiger partial charge in [0.2, 0.25) is 0 Å². The summed E-state index contributed by atoms with van der Waals surface area (Å²) in [5.74, 6) is 0.926. The lowest BCUT2D eigenvalue weighted by Crippen LogP contribution is -2.22. The van der Waals surface area contributed by atoms with Gasteiger partial charge in [0.1, 0.15) is 11.9 Å². The second kappa shape index (κ2) is 9.46. The minimum atomic E-state index is -0.408. The van der Waals surface area contributed by atoms with Crippen LogP contribution < -0.4 is 10.2 Å². The van der Waals surface area contributed by atoms with Gasteiger partial charge < -0.3 is 10.2 Å². The first-order chi connectivity index (χ1) is 17.5. The molecule has 0 spiro atoms. The summed E-state index contributed by atoms with van der Waals surface area (Å²) >= 11 is 0. The van der Waals surface area contributed by atoms with Gasteiger partial charge in [0.15, 0.2) is 11.6 Å². The standard InChI is InChI=1S/C26H24FN9/c1-4-29-22-9-23(26-20(10-28)13-32-36(26)16-22)19-6-7-24(30-12-19)34(3)17(2)18-5-8-25(31-11-18)35-15-21(27)14-33-35/h5-9,11-17,29H,4H2,1-3H3/t17-/m0/s1. The average Bonchev–Trinajstić information content (AvgIpc) is 3.54. The number of hydrogen-bond acceptors (Lipinski definition) is 7. The predicted molar refractivity (Wildman–Crippen MR) is 135 cm³/mol. The number of nitrogens with one attached hydrogen (secondary N) is 1. The molecule has 0 unspecified atom stereocenters. The third-order valence-electron chi connectivity index (χ3n) is 6.15. The van der Waals surface area contributed by atoms with Crippen LogP contribution in [0, 0.1) is 17.1 Å². The summed E-state index contributed by atoms with van der Waals surface area (Å²) in [6, 6.07) is 11.9. The number of anilines is 2. The molecule has 5 aromatic heterocycles. The van der Waals surface area contributed by atoms with Gasteiger partial charge in [-0.2, -0.15) is 15.5 Å². The zero-order valence-electron chi connectivity index (χ0n) is 20.1. The summed E-state index contributed by atoms with van der Waals surface area (Å²) in [7, 11) is 1.97. The smallest absolute Gasteiger partial charge is 0.161 e. The predicted octanol–water partition coefficient (Wildman–Crippen LogP) is 4.62. The van der Waals surface area contributed by atoms with Crippen molar-refractivity contribution in [2.75, 3.05) is 23.8 Å². The van der Waals surface area contributed by atoms with E-state index in [2.05, 4.69) is 38.4 Å². The number of fused-ring (bicyclic) bond motifs is 1. The molecule has 9 nitrogen and oxygen atoms in total. The minimum absolute atomic E-state index is 0.0110. The molecular formula is C26H24FN9. The van der Waals surface area contributed by atoms with Gasteiger partial charge in [-0.15, -0.1) is 0 Å². The van der Waals surface area contributed by atoms with E-state index in [1.807, 2.05) is 56.7 Å². The molecule has 0 aliphatic heterocycles. The number of nitriles is 1. The van der Waals surface area contributed by atoms with E-state index in [4.69, 9.17) is 4.98 Å². The van der Waals surface area contributed by atoms with E-state index in [-0.39, 0.29) is 6.04 Å². The lowest BCUT2D eigenvalue weighted by molar-refractivity contribution is 0.627. The Kier molecular flexibility index (Phi) is 6.04. The Morgan fingerprint density at radius 2 is 1.94 bits per heavy atom. The third kappa shape index (κ3) is 4.22. The van der Waals surface area contributed by atoms with E-state index in [1.54, 1.807) is 16.9 Å². The molecule has 5 rings (SSSR count). The van der Waals surface area contributed by atoms with Crippen molar-refractivity contribution in [1.29, 1.82) is 5.26 Å². The van der Waals surface area contributed by atoms with Gasteiger partial charge in [-0.05, 0) is 43.7 Å². The third-order valence-corrected chi connectivity index (χ3v) is 6.15. The van der Waals surface area contributed by atoms with E-state index in [1.165, 1.54) is 10.9 Å². The molecule has 5 heterocycles. The van der Waals surface area contributed by atoms with E-state index in [0.29, 0.717) is 11.4 Å². The highest BCUT2D eigenvalue weighted by Crippen LogP contribution is 2.31. The molecule has 0 aromatic carbocycles. The molecule has 180 valence electrons. The Labute approximate surface area is 207 Å². The summed E-state index contributed by atoms with van der Waals surface area (Å²) in [5.41, 5.74) is 4.93. The van der Waals surface area contributed by atoms with Crippen LogP contribution in [0.5, 0.6) is 0 Å². The van der Waals surface area contributed by atoms with E-state index in [0.717, 1.165) is 46.5 Å². The highest BCUT2D eigenvalue weighted by atomic mass is 19.1. The quantitative estimate of drug-likeness (QED) is 0.362. The number of nitrogens with zero attached hydrogens (tertiary/aromatic N) is 8. The molecule has 0 aliphatic carbocycles. The molecule has 0 fully saturated rings. The van der Waals surface area contributed by atoms with Crippen LogP contribution in [0.25, 0.3) is 22.5 Å². The topological polar surface area (TPSA) is 100.0 Å². The van der Waals surface area contributed by atoms with Gasteiger partial charge in [0.25, 0.3) is 0 Å². The Morgan fingerprint density at radius 3 is 2.58 bits per heavy atom. The Hall–Kier alpha value is -4.78. The zero-order chi connectivity index (χ0) is 25.2. The maximum Gasteiger partial charge on any atom is 0.161 e. The lowest BCUT2D eigenvalue weighted by atomic mass is 10.0. The highest BCUT2D eigenvalue weighted by Gasteiger charge is 2.17. The molecule has 0 bridgehead atoms. The molecule has 0 aliphatic rings. The summed E-state index contributed by atoms with van der Waals surface area (Å²) in [4.78, 5) is 11.2. The van der Waals surface area contributed by atoms with Crippen LogP contribution in [0.1, 0.15) is 31.0 Å². The van der Waals surface area contributed by atoms with Gasteiger partial charge in [-0.3, -0.25) is 0 Å².